The van der Waals surface area contributed by atoms with Crippen molar-refractivity contribution in [3.8, 4) is 0 Å². The number of pyridine rings is 1. The third-order valence-corrected chi connectivity index (χ3v) is 9.13. The predicted molar refractivity (Wildman–Crippen MR) is 186 cm³/mol. The van der Waals surface area contributed by atoms with E-state index in [0.717, 1.165) is 47.0 Å². The van der Waals surface area contributed by atoms with Crippen molar-refractivity contribution in [2.45, 2.75) is 57.4 Å². The lowest BCUT2D eigenvalue weighted by atomic mass is 10.1. The minimum atomic E-state index is -0.0881. The Labute approximate surface area is 268 Å². The summed E-state index contributed by atoms with van der Waals surface area (Å²) in [5, 5.41) is 11.0. The van der Waals surface area contributed by atoms with E-state index in [4.69, 9.17) is 4.98 Å². The van der Waals surface area contributed by atoms with E-state index < -0.39 is 0 Å². The van der Waals surface area contributed by atoms with Gasteiger partial charge in [0.05, 0.1) is 10.2 Å². The Morgan fingerprint density at radius 3 is 2.84 bits per heavy atom. The van der Waals surface area contributed by atoms with E-state index in [1.165, 1.54) is 22.4 Å². The van der Waals surface area contributed by atoms with E-state index in [0.29, 0.717) is 36.3 Å². The molecule has 230 valence electrons. The van der Waals surface area contributed by atoms with E-state index in [1.807, 2.05) is 49.5 Å². The molecule has 8 nitrogen and oxygen atoms in total. The molecule has 4 aromatic rings. The lowest BCUT2D eigenvalue weighted by Gasteiger charge is -2.23. The number of hydrogen-bond acceptors (Lipinski definition) is 9. The molecule has 44 heavy (non-hydrogen) atoms. The highest BCUT2D eigenvalue weighted by atomic mass is 32.2. The van der Waals surface area contributed by atoms with Crippen molar-refractivity contribution in [1.82, 2.24) is 19.6 Å². The van der Waals surface area contributed by atoms with Crippen LogP contribution in [0.2, 0.25) is 0 Å². The van der Waals surface area contributed by atoms with Gasteiger partial charge in [0.15, 0.2) is 5.13 Å². The third-order valence-electron chi connectivity index (χ3n) is 7.12. The predicted octanol–water partition coefficient (Wildman–Crippen LogP) is 7.56. The van der Waals surface area contributed by atoms with E-state index >= 15 is 0 Å². The average Bonchev–Trinajstić information content (AvgIpc) is 3.74. The maximum atomic E-state index is 13.1. The number of hydrogen-bond donors (Lipinski definition) is 3. The molecule has 0 saturated heterocycles. The molecule has 0 aliphatic heterocycles. The van der Waals surface area contributed by atoms with Gasteiger partial charge in [-0.2, -0.15) is 0 Å². The summed E-state index contributed by atoms with van der Waals surface area (Å²) in [7, 11) is 0. The zero-order valence-electron chi connectivity index (χ0n) is 25.7. The van der Waals surface area contributed by atoms with Gasteiger partial charge in [-0.1, -0.05) is 37.3 Å². The number of carbonyl (C=O) groups is 1. The minimum absolute atomic E-state index is 0.0881. The number of fused-ring (bicyclic) bond motifs is 1. The summed E-state index contributed by atoms with van der Waals surface area (Å²) in [4.78, 5) is 27.3. The standard InChI is InChI=1S/C34H41N7OS2/c1-23(2)22-41(44-28-13-14-29-31(20-28)43-34(40-29)38-27-11-12-27)18-6-17-37-33(42)26-10-8-24(3)30(19-26)39-32(35-4)15-9-25-7-5-16-36-21-25/h5,7-8,10,13-16,19-21,23,27,39H,4,6,9,11-12,17-18,22H2,1-3H3,(H,37,42)(H,38,40)/b32-15+. The molecule has 1 saturated carbocycles. The summed E-state index contributed by atoms with van der Waals surface area (Å²) >= 11 is 3.52. The van der Waals surface area contributed by atoms with Crippen molar-refractivity contribution in [3.63, 3.8) is 0 Å². The summed E-state index contributed by atoms with van der Waals surface area (Å²) < 4.78 is 3.61. The van der Waals surface area contributed by atoms with Crippen molar-refractivity contribution >= 4 is 56.9 Å². The van der Waals surface area contributed by atoms with E-state index in [2.05, 4.69) is 69.0 Å². The quantitative estimate of drug-likeness (QED) is 0.0671. The Bertz CT molecular complexity index is 1600. The highest BCUT2D eigenvalue weighted by molar-refractivity contribution is 7.97. The molecule has 10 heteroatoms. The van der Waals surface area contributed by atoms with Crippen LogP contribution in [0.15, 0.2) is 82.7 Å². The monoisotopic (exact) mass is 627 g/mol. The minimum Gasteiger partial charge on any atom is -0.359 e. The van der Waals surface area contributed by atoms with Crippen LogP contribution in [0, 0.1) is 12.8 Å². The van der Waals surface area contributed by atoms with Crippen LogP contribution in [0.25, 0.3) is 10.2 Å². The van der Waals surface area contributed by atoms with Gasteiger partial charge in [-0.25, -0.2) is 14.3 Å². The van der Waals surface area contributed by atoms with Crippen LogP contribution in [-0.4, -0.2) is 52.6 Å². The Morgan fingerprint density at radius 1 is 1.23 bits per heavy atom. The van der Waals surface area contributed by atoms with Crippen molar-refractivity contribution < 1.29 is 4.79 Å². The fraction of sp³-hybridized carbons (Fsp3) is 0.353. The van der Waals surface area contributed by atoms with Crippen LogP contribution in [0.1, 0.15) is 54.6 Å². The zero-order chi connectivity index (χ0) is 30.9. The van der Waals surface area contributed by atoms with Gasteiger partial charge in [-0.3, -0.25) is 9.78 Å². The van der Waals surface area contributed by atoms with Gasteiger partial charge in [0.25, 0.3) is 5.91 Å². The molecule has 1 amide bonds. The Balaban J connectivity index is 1.13. The molecule has 0 spiro atoms. The van der Waals surface area contributed by atoms with Gasteiger partial charge in [0, 0.05) is 54.2 Å². The number of benzene rings is 2. The Kier molecular flexibility index (Phi) is 11.0. The summed E-state index contributed by atoms with van der Waals surface area (Å²) in [5.74, 6) is 1.09. The number of anilines is 2. The van der Waals surface area contributed by atoms with Crippen LogP contribution in [0.4, 0.5) is 10.8 Å². The van der Waals surface area contributed by atoms with Crippen LogP contribution in [-0.2, 0) is 6.42 Å². The van der Waals surface area contributed by atoms with E-state index in [-0.39, 0.29) is 5.91 Å². The number of aliphatic imine (C=N–C) groups is 1. The summed E-state index contributed by atoms with van der Waals surface area (Å²) in [6, 6.07) is 16.7. The number of amides is 1. The molecule has 0 atom stereocenters. The van der Waals surface area contributed by atoms with Crippen molar-refractivity contribution in [3.05, 3.63) is 89.5 Å². The number of allylic oxidation sites excluding steroid dienone is 1. The third kappa shape index (κ3) is 9.38. The summed E-state index contributed by atoms with van der Waals surface area (Å²) in [6.45, 7) is 12.6. The summed E-state index contributed by atoms with van der Waals surface area (Å²) in [5.41, 5.74) is 4.59. The largest absolute Gasteiger partial charge is 0.359 e. The first-order valence-electron chi connectivity index (χ1n) is 15.2. The van der Waals surface area contributed by atoms with Gasteiger partial charge >= 0.3 is 0 Å². The second-order valence-corrected chi connectivity index (χ2v) is 13.7. The number of aromatic nitrogens is 2. The molecule has 0 radical (unpaired) electrons. The second-order valence-electron chi connectivity index (χ2n) is 11.5. The molecule has 1 aliphatic carbocycles. The topological polar surface area (TPSA) is 94.5 Å². The Hall–Kier alpha value is -3.73. The van der Waals surface area contributed by atoms with Gasteiger partial charge in [0.1, 0.15) is 5.82 Å². The zero-order valence-corrected chi connectivity index (χ0v) is 27.3. The fourth-order valence-corrected chi connectivity index (χ4v) is 6.89. The van der Waals surface area contributed by atoms with Crippen LogP contribution < -0.4 is 16.0 Å². The molecular weight excluding hydrogens is 587 g/mol. The number of carbonyl (C=O) groups excluding carboxylic acids is 1. The number of nitrogens with one attached hydrogen (secondary N) is 3. The smallest absolute Gasteiger partial charge is 0.251 e. The second kappa shape index (κ2) is 15.3. The van der Waals surface area contributed by atoms with Crippen LogP contribution >= 0.6 is 23.3 Å². The highest BCUT2D eigenvalue weighted by Crippen LogP contribution is 2.34. The molecule has 2 heterocycles. The lowest BCUT2D eigenvalue weighted by Crippen LogP contribution is -2.28. The highest BCUT2D eigenvalue weighted by Gasteiger charge is 2.22. The van der Waals surface area contributed by atoms with Crippen LogP contribution in [0.5, 0.6) is 0 Å². The van der Waals surface area contributed by atoms with Crippen molar-refractivity contribution in [2.24, 2.45) is 10.9 Å². The molecule has 5 rings (SSSR count). The first-order chi connectivity index (χ1) is 21.4. The molecule has 2 aromatic heterocycles. The fourth-order valence-electron chi connectivity index (χ4n) is 4.64. The maximum absolute atomic E-state index is 13.1. The van der Waals surface area contributed by atoms with E-state index in [9.17, 15) is 4.79 Å². The number of thiazole rings is 1. The van der Waals surface area contributed by atoms with E-state index in [1.54, 1.807) is 29.5 Å². The molecule has 1 aliphatic rings. The van der Waals surface area contributed by atoms with Gasteiger partial charge in [-0.05, 0) is 111 Å². The molecule has 1 fully saturated rings. The number of nitrogens with zero attached hydrogens (tertiary/aromatic N) is 4. The van der Waals surface area contributed by atoms with Crippen molar-refractivity contribution in [2.75, 3.05) is 30.3 Å². The lowest BCUT2D eigenvalue weighted by molar-refractivity contribution is 0.0952. The molecule has 0 bridgehead atoms. The summed E-state index contributed by atoms with van der Waals surface area (Å²) in [6.07, 6.45) is 9.57. The molecule has 3 N–H and O–H groups in total. The Morgan fingerprint density at radius 2 is 2.09 bits per heavy atom. The van der Waals surface area contributed by atoms with Gasteiger partial charge in [-0.15, -0.1) is 0 Å². The molecular formula is C34H41N7OS2. The first-order valence-corrected chi connectivity index (χ1v) is 16.8. The van der Waals surface area contributed by atoms with Crippen molar-refractivity contribution in [1.29, 1.82) is 0 Å². The van der Waals surface area contributed by atoms with Crippen LogP contribution in [0.3, 0.4) is 0 Å². The number of rotatable bonds is 16. The average molecular weight is 628 g/mol. The SMILES string of the molecule is C=N/C(=C\Cc1cccnc1)Nc1cc(C(=O)NCCCN(CC(C)C)Sc2ccc3nc(NC4CC4)sc3c2)ccc1C. The van der Waals surface area contributed by atoms with Gasteiger partial charge in [0.2, 0.25) is 0 Å². The maximum Gasteiger partial charge on any atom is 0.251 e. The first kappa shape index (κ1) is 31.7. The molecule has 0 unspecified atom stereocenters. The normalized spacial score (nSPS) is 13.4. The van der Waals surface area contributed by atoms with Gasteiger partial charge < -0.3 is 16.0 Å². The molecule has 2 aromatic carbocycles. The number of aryl methyl sites for hydroxylation is 1.